The van der Waals surface area contributed by atoms with Gasteiger partial charge in [0, 0.05) is 63.7 Å². The molecule has 2 aliphatic rings. The minimum atomic E-state index is -4.33. The lowest BCUT2D eigenvalue weighted by Crippen LogP contribution is -2.56. The predicted octanol–water partition coefficient (Wildman–Crippen LogP) is 3.17. The van der Waals surface area contributed by atoms with Crippen molar-refractivity contribution < 1.29 is 18.0 Å². The van der Waals surface area contributed by atoms with E-state index in [1.807, 2.05) is 29.8 Å². The van der Waals surface area contributed by atoms with Crippen LogP contribution < -0.4 is 4.90 Å². The summed E-state index contributed by atoms with van der Waals surface area (Å²) in [6.45, 7) is 6.20. The Kier molecular flexibility index (Phi) is 5.96. The zero-order chi connectivity index (χ0) is 22.2. The van der Waals surface area contributed by atoms with E-state index in [-0.39, 0.29) is 11.9 Å². The number of carbonyl (C=O) groups excluding carboxylic acids is 1. The fraction of sp³-hybridized carbons (Fsp3) is 0.545. The Morgan fingerprint density at radius 2 is 1.84 bits per heavy atom. The summed E-state index contributed by atoms with van der Waals surface area (Å²) < 4.78 is 40.8. The number of anilines is 1. The van der Waals surface area contributed by atoms with Crippen LogP contribution in [0.15, 0.2) is 30.3 Å². The molecule has 0 aliphatic carbocycles. The number of nitrogens with zero attached hydrogens (tertiary/aromatic N) is 5. The van der Waals surface area contributed by atoms with Crippen molar-refractivity contribution in [3.8, 4) is 0 Å². The number of piperazine rings is 1. The highest BCUT2D eigenvalue weighted by atomic mass is 19.4. The molecule has 2 fully saturated rings. The maximum atomic E-state index is 13.0. The second-order valence-corrected chi connectivity index (χ2v) is 8.41. The number of hydrogen-bond acceptors (Lipinski definition) is 4. The van der Waals surface area contributed by atoms with E-state index in [0.29, 0.717) is 31.0 Å². The highest BCUT2D eigenvalue weighted by Crippen LogP contribution is 2.32. The Bertz CT molecular complexity index is 914. The number of hydrogen-bond donors (Lipinski definition) is 0. The van der Waals surface area contributed by atoms with Crippen LogP contribution in [0.3, 0.4) is 0 Å². The van der Waals surface area contributed by atoms with Crippen LogP contribution in [0, 0.1) is 6.92 Å². The maximum Gasteiger partial charge on any atom is 0.416 e. The van der Waals surface area contributed by atoms with Gasteiger partial charge >= 0.3 is 6.18 Å². The monoisotopic (exact) mass is 435 g/mol. The molecule has 1 aromatic heterocycles. The molecule has 2 aliphatic heterocycles. The van der Waals surface area contributed by atoms with Crippen molar-refractivity contribution in [2.24, 2.45) is 7.05 Å². The van der Waals surface area contributed by atoms with E-state index in [9.17, 15) is 18.0 Å². The Morgan fingerprint density at radius 1 is 1.10 bits per heavy atom. The SMILES string of the molecule is Cc1cc(C(=O)N2CCC[C@H](N3CCN(c4cccc(C(F)(F)F)c4)CC3)C2)nn1C. The van der Waals surface area contributed by atoms with Crippen molar-refractivity contribution in [2.75, 3.05) is 44.2 Å². The molecule has 0 N–H and O–H groups in total. The van der Waals surface area contributed by atoms with Crippen LogP contribution in [0.5, 0.6) is 0 Å². The van der Waals surface area contributed by atoms with Crippen molar-refractivity contribution in [1.82, 2.24) is 19.6 Å². The average Bonchev–Trinajstić information content (AvgIpc) is 3.11. The summed E-state index contributed by atoms with van der Waals surface area (Å²) in [5.74, 6) is -0.0315. The third-order valence-electron chi connectivity index (χ3n) is 6.39. The number of likely N-dealkylation sites (tertiary alicyclic amines) is 1. The van der Waals surface area contributed by atoms with Crippen molar-refractivity contribution in [3.63, 3.8) is 0 Å². The molecule has 9 heteroatoms. The maximum absolute atomic E-state index is 13.0. The molecule has 1 amide bonds. The highest BCUT2D eigenvalue weighted by molar-refractivity contribution is 5.92. The summed E-state index contributed by atoms with van der Waals surface area (Å²) in [4.78, 5) is 19.1. The van der Waals surface area contributed by atoms with Gasteiger partial charge in [-0.1, -0.05) is 6.07 Å². The molecule has 4 rings (SSSR count). The van der Waals surface area contributed by atoms with Crippen molar-refractivity contribution in [3.05, 3.63) is 47.3 Å². The van der Waals surface area contributed by atoms with Crippen LogP contribution in [0.2, 0.25) is 0 Å². The van der Waals surface area contributed by atoms with Gasteiger partial charge in [-0.15, -0.1) is 0 Å². The van der Waals surface area contributed by atoms with Crippen LogP contribution in [0.25, 0.3) is 0 Å². The second-order valence-electron chi connectivity index (χ2n) is 8.41. The summed E-state index contributed by atoms with van der Waals surface area (Å²) in [6, 6.07) is 7.63. The van der Waals surface area contributed by atoms with E-state index < -0.39 is 11.7 Å². The van der Waals surface area contributed by atoms with Gasteiger partial charge in [-0.25, -0.2) is 0 Å². The third kappa shape index (κ3) is 4.71. The molecule has 1 aromatic carbocycles. The highest BCUT2D eigenvalue weighted by Gasteiger charge is 2.33. The Hall–Kier alpha value is -2.55. The summed E-state index contributed by atoms with van der Waals surface area (Å²) in [5.41, 5.74) is 1.43. The van der Waals surface area contributed by atoms with E-state index in [0.717, 1.165) is 44.2 Å². The van der Waals surface area contributed by atoms with Crippen LogP contribution in [-0.4, -0.2) is 70.8 Å². The number of rotatable bonds is 3. The first-order chi connectivity index (χ1) is 14.7. The lowest BCUT2D eigenvalue weighted by Gasteiger charge is -2.43. The van der Waals surface area contributed by atoms with E-state index in [2.05, 4.69) is 10.00 Å². The first-order valence-electron chi connectivity index (χ1n) is 10.7. The minimum absolute atomic E-state index is 0.0315. The number of alkyl halides is 3. The van der Waals surface area contributed by atoms with Gasteiger partial charge in [0.15, 0.2) is 5.69 Å². The van der Waals surface area contributed by atoms with Gasteiger partial charge in [-0.05, 0) is 44.0 Å². The predicted molar refractivity (Wildman–Crippen MR) is 112 cm³/mol. The Balaban J connectivity index is 1.36. The Morgan fingerprint density at radius 3 is 2.48 bits per heavy atom. The van der Waals surface area contributed by atoms with Crippen molar-refractivity contribution in [1.29, 1.82) is 0 Å². The van der Waals surface area contributed by atoms with Gasteiger partial charge in [0.2, 0.25) is 0 Å². The zero-order valence-corrected chi connectivity index (χ0v) is 17.9. The molecule has 2 aromatic rings. The molecule has 2 saturated heterocycles. The number of benzene rings is 1. The molecule has 6 nitrogen and oxygen atoms in total. The number of carbonyl (C=O) groups is 1. The van der Waals surface area contributed by atoms with Crippen molar-refractivity contribution in [2.45, 2.75) is 32.0 Å². The van der Waals surface area contributed by atoms with E-state index in [1.54, 1.807) is 10.7 Å². The van der Waals surface area contributed by atoms with Crippen LogP contribution in [-0.2, 0) is 13.2 Å². The standard InChI is InChI=1S/C22H28F3N5O/c1-16-13-20(26-27(16)2)21(31)30-8-4-7-19(15-30)29-11-9-28(10-12-29)18-6-3-5-17(14-18)22(23,24)25/h3,5-6,13-14,19H,4,7-12,15H2,1-2H3/t19-/m0/s1. The average molecular weight is 435 g/mol. The number of piperidine rings is 1. The molecule has 0 saturated carbocycles. The molecule has 168 valence electrons. The quantitative estimate of drug-likeness (QED) is 0.743. The largest absolute Gasteiger partial charge is 0.416 e. The smallest absolute Gasteiger partial charge is 0.369 e. The van der Waals surface area contributed by atoms with Crippen LogP contribution >= 0.6 is 0 Å². The first-order valence-corrected chi connectivity index (χ1v) is 10.7. The first kappa shape index (κ1) is 21.7. The molecule has 3 heterocycles. The molecular weight excluding hydrogens is 407 g/mol. The second kappa shape index (κ2) is 8.53. The fourth-order valence-electron chi connectivity index (χ4n) is 4.49. The number of amides is 1. The molecule has 31 heavy (non-hydrogen) atoms. The summed E-state index contributed by atoms with van der Waals surface area (Å²) in [7, 11) is 1.83. The van der Waals surface area contributed by atoms with E-state index in [4.69, 9.17) is 0 Å². The van der Waals surface area contributed by atoms with E-state index in [1.165, 1.54) is 12.1 Å². The van der Waals surface area contributed by atoms with Gasteiger partial charge in [0.25, 0.3) is 5.91 Å². The summed E-state index contributed by atoms with van der Waals surface area (Å²) in [6.07, 6.45) is -2.37. The van der Waals surface area contributed by atoms with Gasteiger partial charge in [-0.2, -0.15) is 18.3 Å². The van der Waals surface area contributed by atoms with Gasteiger partial charge < -0.3 is 9.80 Å². The molecule has 1 atom stereocenters. The van der Waals surface area contributed by atoms with Crippen LogP contribution in [0.4, 0.5) is 18.9 Å². The van der Waals surface area contributed by atoms with Crippen molar-refractivity contribution >= 4 is 11.6 Å². The lowest BCUT2D eigenvalue weighted by atomic mass is 10.0. The zero-order valence-electron chi connectivity index (χ0n) is 17.9. The minimum Gasteiger partial charge on any atom is -0.369 e. The topological polar surface area (TPSA) is 44.6 Å². The fourth-order valence-corrected chi connectivity index (χ4v) is 4.49. The molecule has 0 spiro atoms. The Labute approximate surface area is 180 Å². The number of aryl methyl sites for hydroxylation is 2. The molecule has 0 bridgehead atoms. The molecular formula is C22H28F3N5O. The molecule has 0 radical (unpaired) electrons. The summed E-state index contributed by atoms with van der Waals surface area (Å²) >= 11 is 0. The third-order valence-corrected chi connectivity index (χ3v) is 6.39. The van der Waals surface area contributed by atoms with Gasteiger partial charge in [0.05, 0.1) is 5.56 Å². The van der Waals surface area contributed by atoms with Gasteiger partial charge in [-0.3, -0.25) is 14.4 Å². The van der Waals surface area contributed by atoms with E-state index >= 15 is 0 Å². The lowest BCUT2D eigenvalue weighted by molar-refractivity contribution is -0.137. The summed E-state index contributed by atoms with van der Waals surface area (Å²) in [5, 5.41) is 4.32. The number of aromatic nitrogens is 2. The molecule has 0 unspecified atom stereocenters. The van der Waals surface area contributed by atoms with Crippen LogP contribution in [0.1, 0.15) is 34.6 Å². The van der Waals surface area contributed by atoms with Gasteiger partial charge in [0.1, 0.15) is 0 Å². The normalized spacial score (nSPS) is 20.9. The number of halogens is 3.